The number of hydrogen-bond donors (Lipinski definition) is 1. The summed E-state index contributed by atoms with van der Waals surface area (Å²) in [5, 5.41) is 10.3. The van der Waals surface area contributed by atoms with E-state index >= 15 is 0 Å². The summed E-state index contributed by atoms with van der Waals surface area (Å²) in [6.45, 7) is 2.29. The van der Waals surface area contributed by atoms with E-state index in [0.29, 0.717) is 0 Å². The van der Waals surface area contributed by atoms with Gasteiger partial charge in [-0.1, -0.05) is 34.1 Å². The smallest absolute Gasteiger partial charge is 0.0813 e. The fraction of sp³-hybridized carbons (Fsp3) is 0.625. The van der Waals surface area contributed by atoms with Gasteiger partial charge in [0.2, 0.25) is 0 Å². The Kier molecular flexibility index (Phi) is 4.25. The molecule has 1 atom stereocenters. The second kappa shape index (κ2) is 5.94. The van der Waals surface area contributed by atoms with Crippen LogP contribution in [0.15, 0.2) is 28.7 Å². The quantitative estimate of drug-likeness (QED) is 0.826. The lowest BCUT2D eigenvalue weighted by Crippen LogP contribution is -2.30. The summed E-state index contributed by atoms with van der Waals surface area (Å²) in [4.78, 5) is 2.61. The van der Waals surface area contributed by atoms with Gasteiger partial charge in [-0.25, -0.2) is 0 Å². The average Bonchev–Trinajstić information content (AvgIpc) is 3.27. The van der Waals surface area contributed by atoms with Crippen LogP contribution in [0.2, 0.25) is 0 Å². The van der Waals surface area contributed by atoms with Crippen molar-refractivity contribution in [2.75, 3.05) is 13.1 Å². The Hall–Kier alpha value is -0.380. The number of aliphatic hydroxyl groups excluding tert-OH is 1. The van der Waals surface area contributed by atoms with E-state index in [1.807, 2.05) is 24.3 Å². The Morgan fingerprint density at radius 2 is 1.95 bits per heavy atom. The molecule has 0 radical (unpaired) electrons. The molecule has 0 amide bonds. The SMILES string of the molecule is OC(CCN(CC1CC1)C1CC1)c1ccccc1Br. The zero-order valence-electron chi connectivity index (χ0n) is 11.3. The average molecular weight is 324 g/mol. The van der Waals surface area contributed by atoms with Gasteiger partial charge >= 0.3 is 0 Å². The number of halogens is 1. The van der Waals surface area contributed by atoms with E-state index in [0.717, 1.165) is 35.0 Å². The molecular formula is C16H22BrNO. The molecule has 2 fully saturated rings. The highest BCUT2D eigenvalue weighted by molar-refractivity contribution is 9.10. The standard InChI is InChI=1S/C16H22BrNO/c17-15-4-2-1-3-14(15)16(19)9-10-18(13-7-8-13)11-12-5-6-12/h1-4,12-13,16,19H,5-11H2. The highest BCUT2D eigenvalue weighted by Crippen LogP contribution is 2.35. The zero-order chi connectivity index (χ0) is 13.2. The molecule has 3 rings (SSSR count). The summed E-state index contributed by atoms with van der Waals surface area (Å²) in [5.41, 5.74) is 1.02. The second-order valence-electron chi connectivity index (χ2n) is 6.00. The predicted molar refractivity (Wildman–Crippen MR) is 81.0 cm³/mol. The first kappa shape index (κ1) is 13.6. The molecule has 1 unspecified atom stereocenters. The van der Waals surface area contributed by atoms with E-state index in [1.165, 1.54) is 32.2 Å². The maximum absolute atomic E-state index is 10.3. The predicted octanol–water partition coefficient (Wildman–Crippen LogP) is 3.75. The summed E-state index contributed by atoms with van der Waals surface area (Å²) in [5.74, 6) is 0.946. The van der Waals surface area contributed by atoms with Gasteiger partial charge in [0.1, 0.15) is 0 Å². The molecule has 1 aromatic rings. The number of aliphatic hydroxyl groups is 1. The minimum absolute atomic E-state index is 0.351. The Morgan fingerprint density at radius 1 is 1.21 bits per heavy atom. The van der Waals surface area contributed by atoms with Crippen LogP contribution in [-0.2, 0) is 0 Å². The van der Waals surface area contributed by atoms with Gasteiger partial charge in [0.25, 0.3) is 0 Å². The molecule has 0 saturated heterocycles. The summed E-state index contributed by atoms with van der Waals surface area (Å²) >= 11 is 3.52. The molecule has 0 bridgehead atoms. The third-order valence-electron chi connectivity index (χ3n) is 4.21. The van der Waals surface area contributed by atoms with Crippen LogP contribution >= 0.6 is 15.9 Å². The molecule has 2 aliphatic rings. The Labute approximate surface area is 123 Å². The van der Waals surface area contributed by atoms with Crippen molar-refractivity contribution in [3.05, 3.63) is 34.3 Å². The zero-order valence-corrected chi connectivity index (χ0v) is 12.8. The monoisotopic (exact) mass is 323 g/mol. The maximum Gasteiger partial charge on any atom is 0.0813 e. The minimum atomic E-state index is -0.351. The Balaban J connectivity index is 1.53. The molecule has 2 nitrogen and oxygen atoms in total. The van der Waals surface area contributed by atoms with Crippen LogP contribution < -0.4 is 0 Å². The number of benzene rings is 1. The first-order valence-corrected chi connectivity index (χ1v) is 8.20. The van der Waals surface area contributed by atoms with Crippen LogP contribution in [0.25, 0.3) is 0 Å². The van der Waals surface area contributed by atoms with Crippen LogP contribution in [0.3, 0.4) is 0 Å². The summed E-state index contributed by atoms with van der Waals surface area (Å²) in [6.07, 6.45) is 6.03. The van der Waals surface area contributed by atoms with Crippen molar-refractivity contribution in [2.24, 2.45) is 5.92 Å². The van der Waals surface area contributed by atoms with Crippen molar-refractivity contribution in [3.8, 4) is 0 Å². The molecule has 0 aliphatic heterocycles. The third-order valence-corrected chi connectivity index (χ3v) is 4.93. The van der Waals surface area contributed by atoms with Gasteiger partial charge in [-0.15, -0.1) is 0 Å². The van der Waals surface area contributed by atoms with Crippen molar-refractivity contribution < 1.29 is 5.11 Å². The van der Waals surface area contributed by atoms with E-state index in [9.17, 15) is 5.11 Å². The number of rotatable bonds is 7. The lowest BCUT2D eigenvalue weighted by molar-refractivity contribution is 0.137. The molecule has 0 heterocycles. The van der Waals surface area contributed by atoms with Gasteiger partial charge in [-0.05, 0) is 49.7 Å². The summed E-state index contributed by atoms with van der Waals surface area (Å²) in [6, 6.07) is 8.81. The van der Waals surface area contributed by atoms with Crippen molar-refractivity contribution >= 4 is 15.9 Å². The summed E-state index contributed by atoms with van der Waals surface area (Å²) < 4.78 is 1.02. The van der Waals surface area contributed by atoms with Crippen LogP contribution in [0.1, 0.15) is 43.8 Å². The van der Waals surface area contributed by atoms with Gasteiger partial charge in [0.05, 0.1) is 6.10 Å². The molecule has 1 aromatic carbocycles. The molecule has 1 N–H and O–H groups in total. The normalized spacial score (nSPS) is 20.8. The van der Waals surface area contributed by atoms with Crippen molar-refractivity contribution in [1.82, 2.24) is 4.90 Å². The first-order chi connectivity index (χ1) is 9.24. The largest absolute Gasteiger partial charge is 0.388 e. The van der Waals surface area contributed by atoms with Gasteiger partial charge in [0.15, 0.2) is 0 Å². The maximum atomic E-state index is 10.3. The van der Waals surface area contributed by atoms with Gasteiger partial charge in [-0.3, -0.25) is 0 Å². The highest BCUT2D eigenvalue weighted by Gasteiger charge is 2.33. The Bertz CT molecular complexity index is 429. The Morgan fingerprint density at radius 3 is 2.58 bits per heavy atom. The van der Waals surface area contributed by atoms with Crippen molar-refractivity contribution in [2.45, 2.75) is 44.2 Å². The van der Waals surface area contributed by atoms with Crippen molar-refractivity contribution in [1.29, 1.82) is 0 Å². The lowest BCUT2D eigenvalue weighted by atomic mass is 10.1. The molecule has 19 heavy (non-hydrogen) atoms. The van der Waals surface area contributed by atoms with E-state index in [2.05, 4.69) is 20.8 Å². The van der Waals surface area contributed by atoms with Gasteiger partial charge in [0, 0.05) is 23.6 Å². The lowest BCUT2D eigenvalue weighted by Gasteiger charge is -2.23. The fourth-order valence-corrected chi connectivity index (χ4v) is 3.23. The number of hydrogen-bond acceptors (Lipinski definition) is 2. The fourth-order valence-electron chi connectivity index (χ4n) is 2.68. The topological polar surface area (TPSA) is 23.5 Å². The number of nitrogens with zero attached hydrogens (tertiary/aromatic N) is 1. The van der Waals surface area contributed by atoms with E-state index < -0.39 is 0 Å². The first-order valence-electron chi connectivity index (χ1n) is 7.40. The highest BCUT2D eigenvalue weighted by atomic mass is 79.9. The van der Waals surface area contributed by atoms with E-state index in [4.69, 9.17) is 0 Å². The second-order valence-corrected chi connectivity index (χ2v) is 6.85. The van der Waals surface area contributed by atoms with E-state index in [1.54, 1.807) is 0 Å². The third kappa shape index (κ3) is 3.80. The molecule has 0 aromatic heterocycles. The minimum Gasteiger partial charge on any atom is -0.388 e. The van der Waals surface area contributed by atoms with E-state index in [-0.39, 0.29) is 6.10 Å². The summed E-state index contributed by atoms with van der Waals surface area (Å²) in [7, 11) is 0. The van der Waals surface area contributed by atoms with Crippen molar-refractivity contribution in [3.63, 3.8) is 0 Å². The van der Waals surface area contributed by atoms with Gasteiger partial charge < -0.3 is 10.0 Å². The molecule has 3 heteroatoms. The van der Waals surface area contributed by atoms with Crippen LogP contribution in [0.5, 0.6) is 0 Å². The molecular weight excluding hydrogens is 302 g/mol. The molecule has 2 saturated carbocycles. The molecule has 0 spiro atoms. The van der Waals surface area contributed by atoms with Crippen LogP contribution in [-0.4, -0.2) is 29.1 Å². The molecule has 2 aliphatic carbocycles. The van der Waals surface area contributed by atoms with Crippen LogP contribution in [0.4, 0.5) is 0 Å². The van der Waals surface area contributed by atoms with Gasteiger partial charge in [-0.2, -0.15) is 0 Å². The molecule has 104 valence electrons. The van der Waals surface area contributed by atoms with Crippen LogP contribution in [0, 0.1) is 5.92 Å².